The summed E-state index contributed by atoms with van der Waals surface area (Å²) in [6.07, 6.45) is 0. The van der Waals surface area contributed by atoms with Gasteiger partial charge in [-0.2, -0.15) is 0 Å². The van der Waals surface area contributed by atoms with Crippen LogP contribution in [0.25, 0.3) is 0 Å². The molecule has 3 aromatic rings. The highest BCUT2D eigenvalue weighted by Crippen LogP contribution is 2.16. The number of benzene rings is 3. The molecule has 3 heteroatoms. The molecule has 0 aromatic heterocycles. The molecule has 0 saturated carbocycles. The van der Waals surface area contributed by atoms with Gasteiger partial charge in [0, 0.05) is 24.8 Å². The predicted octanol–water partition coefficient (Wildman–Crippen LogP) is 2.65. The van der Waals surface area contributed by atoms with Crippen LogP contribution in [0.5, 0.6) is 0 Å². The minimum Gasteiger partial charge on any atom is -0.378 e. The van der Waals surface area contributed by atoms with E-state index in [0.717, 1.165) is 10.7 Å². The SMILES string of the molecule is CN(C)c1ccc([SiH](c2ccccc2)c2ccccc2)c(Cl)c1. The standard InChI is InChI=1S/C20H20ClNSi/c1-22(2)16-13-14-20(19(21)15-16)23(17-9-5-3-6-10-17)18-11-7-4-8-12-18/h3-15,23H,1-2H3. The number of anilines is 1. The van der Waals surface area contributed by atoms with Crippen LogP contribution in [0, 0.1) is 0 Å². The first-order valence-corrected chi connectivity index (χ1v) is 9.84. The molecule has 0 unspecified atom stereocenters. The molecular weight excluding hydrogens is 318 g/mol. The van der Waals surface area contributed by atoms with Gasteiger partial charge in [-0.15, -0.1) is 0 Å². The van der Waals surface area contributed by atoms with Crippen LogP contribution in [-0.2, 0) is 0 Å². The molecule has 3 rings (SSSR count). The van der Waals surface area contributed by atoms with Crippen molar-refractivity contribution in [3.63, 3.8) is 0 Å². The Morgan fingerprint density at radius 3 is 1.70 bits per heavy atom. The Kier molecular flexibility index (Phi) is 4.84. The van der Waals surface area contributed by atoms with Crippen molar-refractivity contribution in [2.45, 2.75) is 0 Å². The van der Waals surface area contributed by atoms with Crippen molar-refractivity contribution in [3.8, 4) is 0 Å². The fraction of sp³-hybridized carbons (Fsp3) is 0.100. The highest BCUT2D eigenvalue weighted by molar-refractivity contribution is 6.96. The average Bonchev–Trinajstić information content (AvgIpc) is 2.58. The van der Waals surface area contributed by atoms with Gasteiger partial charge in [-0.1, -0.05) is 88.7 Å². The maximum atomic E-state index is 6.68. The number of halogens is 1. The van der Waals surface area contributed by atoms with Crippen molar-refractivity contribution >= 4 is 41.6 Å². The maximum Gasteiger partial charge on any atom is 0.134 e. The summed E-state index contributed by atoms with van der Waals surface area (Å²) in [5.74, 6) is 0. The van der Waals surface area contributed by atoms with E-state index >= 15 is 0 Å². The van der Waals surface area contributed by atoms with Gasteiger partial charge in [0.15, 0.2) is 0 Å². The van der Waals surface area contributed by atoms with E-state index < -0.39 is 8.80 Å². The minimum atomic E-state index is -1.55. The quantitative estimate of drug-likeness (QED) is 0.522. The largest absolute Gasteiger partial charge is 0.378 e. The lowest BCUT2D eigenvalue weighted by atomic mass is 10.3. The molecule has 116 valence electrons. The summed E-state index contributed by atoms with van der Waals surface area (Å²) >= 11 is 6.68. The van der Waals surface area contributed by atoms with Crippen LogP contribution in [0.2, 0.25) is 5.02 Å². The Bertz CT molecular complexity index is 733. The molecule has 0 saturated heterocycles. The highest BCUT2D eigenvalue weighted by atomic mass is 35.5. The molecule has 0 spiro atoms. The van der Waals surface area contributed by atoms with Crippen molar-refractivity contribution in [2.24, 2.45) is 0 Å². The van der Waals surface area contributed by atoms with Gasteiger partial charge in [0.25, 0.3) is 0 Å². The molecular formula is C20H20ClNSi. The fourth-order valence-electron chi connectivity index (χ4n) is 2.87. The molecule has 0 radical (unpaired) electrons. The van der Waals surface area contributed by atoms with Crippen LogP contribution in [0.1, 0.15) is 0 Å². The Labute approximate surface area is 144 Å². The van der Waals surface area contributed by atoms with Crippen molar-refractivity contribution in [3.05, 3.63) is 83.9 Å². The van der Waals surface area contributed by atoms with Gasteiger partial charge in [0.05, 0.1) is 0 Å². The number of hydrogen-bond acceptors (Lipinski definition) is 1. The summed E-state index contributed by atoms with van der Waals surface area (Å²) in [4.78, 5) is 2.08. The van der Waals surface area contributed by atoms with E-state index in [4.69, 9.17) is 11.6 Å². The Morgan fingerprint density at radius 1 is 0.739 bits per heavy atom. The van der Waals surface area contributed by atoms with Crippen LogP contribution >= 0.6 is 11.6 Å². The topological polar surface area (TPSA) is 3.24 Å². The normalized spacial score (nSPS) is 10.8. The molecule has 1 nitrogen and oxygen atoms in total. The summed E-state index contributed by atoms with van der Waals surface area (Å²) in [6.45, 7) is 0. The minimum absolute atomic E-state index is 0.862. The zero-order valence-corrected chi connectivity index (χ0v) is 15.3. The third kappa shape index (κ3) is 3.49. The lowest BCUT2D eigenvalue weighted by Crippen LogP contribution is -2.52. The van der Waals surface area contributed by atoms with Crippen molar-refractivity contribution in [1.29, 1.82) is 0 Å². The Hall–Kier alpha value is -2.03. The molecule has 0 atom stereocenters. The van der Waals surface area contributed by atoms with E-state index in [2.05, 4.69) is 83.8 Å². The number of rotatable bonds is 4. The van der Waals surface area contributed by atoms with E-state index in [1.807, 2.05) is 14.1 Å². The summed E-state index contributed by atoms with van der Waals surface area (Å²) in [7, 11) is 2.52. The molecule has 0 fully saturated rings. The van der Waals surface area contributed by atoms with Crippen LogP contribution in [0.4, 0.5) is 5.69 Å². The lowest BCUT2D eigenvalue weighted by molar-refractivity contribution is 1.13. The molecule has 0 aliphatic rings. The summed E-state index contributed by atoms with van der Waals surface area (Å²) < 4.78 is 0. The molecule has 0 aliphatic carbocycles. The second-order valence-electron chi connectivity index (χ2n) is 5.85. The van der Waals surface area contributed by atoms with E-state index in [1.54, 1.807) is 0 Å². The molecule has 0 aliphatic heterocycles. The van der Waals surface area contributed by atoms with Crippen molar-refractivity contribution < 1.29 is 0 Å². The third-order valence-corrected chi connectivity index (χ3v) is 7.82. The summed E-state index contributed by atoms with van der Waals surface area (Å²) in [6, 6.07) is 27.9. The number of hydrogen-bond donors (Lipinski definition) is 0. The lowest BCUT2D eigenvalue weighted by Gasteiger charge is -2.20. The summed E-state index contributed by atoms with van der Waals surface area (Å²) in [5, 5.41) is 4.91. The van der Waals surface area contributed by atoms with Crippen molar-refractivity contribution in [1.82, 2.24) is 0 Å². The zero-order valence-electron chi connectivity index (χ0n) is 13.4. The zero-order chi connectivity index (χ0) is 16.2. The second kappa shape index (κ2) is 7.03. The van der Waals surface area contributed by atoms with Crippen LogP contribution < -0.4 is 20.5 Å². The third-order valence-electron chi connectivity index (χ3n) is 4.08. The smallest absolute Gasteiger partial charge is 0.134 e. The molecule has 23 heavy (non-hydrogen) atoms. The average molecular weight is 338 g/mol. The Morgan fingerprint density at radius 2 is 1.26 bits per heavy atom. The first kappa shape index (κ1) is 15.8. The highest BCUT2D eigenvalue weighted by Gasteiger charge is 2.21. The van der Waals surface area contributed by atoms with E-state index in [9.17, 15) is 0 Å². The molecule has 0 bridgehead atoms. The van der Waals surface area contributed by atoms with E-state index in [0.29, 0.717) is 0 Å². The monoisotopic (exact) mass is 337 g/mol. The van der Waals surface area contributed by atoms with Gasteiger partial charge in [-0.3, -0.25) is 0 Å². The van der Waals surface area contributed by atoms with Crippen molar-refractivity contribution in [2.75, 3.05) is 19.0 Å². The molecule has 0 heterocycles. The van der Waals surface area contributed by atoms with Gasteiger partial charge >= 0.3 is 0 Å². The van der Waals surface area contributed by atoms with E-state index in [1.165, 1.54) is 15.6 Å². The predicted molar refractivity (Wildman–Crippen MR) is 105 cm³/mol. The van der Waals surface area contributed by atoms with Gasteiger partial charge in [0.1, 0.15) is 8.80 Å². The Balaban J connectivity index is 2.13. The van der Waals surface area contributed by atoms with Crippen LogP contribution in [0.15, 0.2) is 78.9 Å². The molecule has 0 amide bonds. The fourth-order valence-corrected chi connectivity index (χ4v) is 6.34. The maximum absolute atomic E-state index is 6.68. The van der Waals surface area contributed by atoms with Gasteiger partial charge in [-0.05, 0) is 17.3 Å². The van der Waals surface area contributed by atoms with Crippen LogP contribution in [-0.4, -0.2) is 22.9 Å². The molecule has 0 N–H and O–H groups in total. The van der Waals surface area contributed by atoms with E-state index in [-0.39, 0.29) is 0 Å². The van der Waals surface area contributed by atoms with Gasteiger partial charge < -0.3 is 4.90 Å². The number of nitrogens with zero attached hydrogens (tertiary/aromatic N) is 1. The second-order valence-corrected chi connectivity index (χ2v) is 9.08. The first-order chi connectivity index (χ1) is 11.2. The van der Waals surface area contributed by atoms with Crippen LogP contribution in [0.3, 0.4) is 0 Å². The first-order valence-electron chi connectivity index (χ1n) is 7.73. The molecule has 3 aromatic carbocycles. The van der Waals surface area contributed by atoms with Gasteiger partial charge in [0.2, 0.25) is 0 Å². The summed E-state index contributed by atoms with van der Waals surface area (Å²) in [5.41, 5.74) is 1.13. The van der Waals surface area contributed by atoms with Gasteiger partial charge in [-0.25, -0.2) is 0 Å².